The summed E-state index contributed by atoms with van der Waals surface area (Å²) in [7, 11) is 4.91. The highest BCUT2D eigenvalue weighted by molar-refractivity contribution is 5.97. The van der Waals surface area contributed by atoms with Gasteiger partial charge < -0.3 is 15.5 Å². The molecule has 2 amide bonds. The molecule has 3 N–H and O–H groups in total. The Labute approximate surface area is 158 Å². The molecule has 1 aromatic rings. The Balaban J connectivity index is 3.14. The van der Waals surface area contributed by atoms with Crippen LogP contribution in [0.5, 0.6) is 0 Å². The number of unbranched alkanes of at least 4 members (excludes halogenated alkanes) is 1. The van der Waals surface area contributed by atoms with E-state index >= 15 is 0 Å². The minimum atomic E-state index is -0.701. The molecule has 0 fully saturated rings. The maximum Gasteiger partial charge on any atom is 0.330 e. The van der Waals surface area contributed by atoms with E-state index < -0.39 is 11.2 Å². The lowest BCUT2D eigenvalue weighted by Crippen LogP contribution is -2.46. The molecular weight excluding hydrogens is 352 g/mol. The van der Waals surface area contributed by atoms with Gasteiger partial charge in [-0.1, -0.05) is 13.3 Å². The van der Waals surface area contributed by atoms with Crippen LogP contribution in [-0.2, 0) is 16.1 Å². The van der Waals surface area contributed by atoms with Crippen LogP contribution in [0.15, 0.2) is 9.59 Å². The summed E-state index contributed by atoms with van der Waals surface area (Å²) in [6.45, 7) is 4.24. The van der Waals surface area contributed by atoms with Gasteiger partial charge in [0.2, 0.25) is 11.8 Å². The number of nitrogens with two attached hydrogens (primary N) is 1. The number of anilines is 2. The molecule has 0 aliphatic heterocycles. The number of carbonyl (C=O) groups is 2. The highest BCUT2D eigenvalue weighted by Gasteiger charge is 2.24. The van der Waals surface area contributed by atoms with Gasteiger partial charge in [-0.3, -0.25) is 28.8 Å². The molecule has 1 aromatic heterocycles. The summed E-state index contributed by atoms with van der Waals surface area (Å²) in [5.41, 5.74) is 4.74. The van der Waals surface area contributed by atoms with Crippen LogP contribution in [0.1, 0.15) is 26.7 Å². The van der Waals surface area contributed by atoms with Crippen molar-refractivity contribution in [3.63, 3.8) is 0 Å². The quantitative estimate of drug-likeness (QED) is 0.581. The van der Waals surface area contributed by atoms with Crippen LogP contribution in [0.25, 0.3) is 0 Å². The lowest BCUT2D eigenvalue weighted by Gasteiger charge is -2.26. The lowest BCUT2D eigenvalue weighted by molar-refractivity contribution is -0.130. The summed E-state index contributed by atoms with van der Waals surface area (Å²) >= 11 is 0. The molecule has 0 atom stereocenters. The number of aromatic nitrogens is 2. The molecule has 10 nitrogen and oxygen atoms in total. The Morgan fingerprint density at radius 3 is 2.19 bits per heavy atom. The molecule has 27 heavy (non-hydrogen) atoms. The number of aromatic amines is 1. The van der Waals surface area contributed by atoms with Gasteiger partial charge >= 0.3 is 5.69 Å². The Morgan fingerprint density at radius 2 is 1.67 bits per heavy atom. The van der Waals surface area contributed by atoms with Crippen molar-refractivity contribution in [1.29, 1.82) is 0 Å². The van der Waals surface area contributed by atoms with Gasteiger partial charge in [-0.05, 0) is 20.4 Å². The van der Waals surface area contributed by atoms with Crippen LogP contribution in [0.4, 0.5) is 11.5 Å². The van der Waals surface area contributed by atoms with Gasteiger partial charge in [0.05, 0.1) is 13.1 Å². The van der Waals surface area contributed by atoms with E-state index in [-0.39, 0.29) is 43.0 Å². The first-order valence-electron chi connectivity index (χ1n) is 8.95. The van der Waals surface area contributed by atoms with Crippen molar-refractivity contribution in [2.24, 2.45) is 0 Å². The minimum Gasteiger partial charge on any atom is -0.383 e. The Bertz CT molecular complexity index is 783. The van der Waals surface area contributed by atoms with E-state index in [4.69, 9.17) is 5.73 Å². The second kappa shape index (κ2) is 9.91. The van der Waals surface area contributed by atoms with Crippen LogP contribution < -0.4 is 21.9 Å². The van der Waals surface area contributed by atoms with Gasteiger partial charge in [0, 0.05) is 27.2 Å². The molecule has 0 bridgehead atoms. The maximum absolute atomic E-state index is 12.7. The number of hydrogen-bond acceptors (Lipinski definition) is 6. The van der Waals surface area contributed by atoms with Crippen LogP contribution in [0.3, 0.4) is 0 Å². The number of rotatable bonds is 9. The SMILES string of the molecule is CCCCn1c(N)c(N(CC)C(=O)CN(C)CC(=O)N(C)C)c(=O)[nH]c1=O. The average molecular weight is 382 g/mol. The normalized spacial score (nSPS) is 10.9. The summed E-state index contributed by atoms with van der Waals surface area (Å²) in [6, 6.07) is 0. The van der Waals surface area contributed by atoms with Gasteiger partial charge in [0.25, 0.3) is 5.56 Å². The maximum atomic E-state index is 12.7. The minimum absolute atomic E-state index is 0.0283. The summed E-state index contributed by atoms with van der Waals surface area (Å²) in [4.78, 5) is 55.3. The Morgan fingerprint density at radius 1 is 1.07 bits per heavy atom. The van der Waals surface area contributed by atoms with Crippen molar-refractivity contribution in [3.8, 4) is 0 Å². The monoisotopic (exact) mass is 382 g/mol. The number of likely N-dealkylation sites (N-methyl/N-ethyl adjacent to an activating group) is 3. The Hall–Kier alpha value is -2.62. The van der Waals surface area contributed by atoms with E-state index in [1.807, 2.05) is 6.92 Å². The van der Waals surface area contributed by atoms with Crippen molar-refractivity contribution in [2.75, 3.05) is 51.4 Å². The number of nitrogens with zero attached hydrogens (tertiary/aromatic N) is 4. The van der Waals surface area contributed by atoms with E-state index in [9.17, 15) is 19.2 Å². The van der Waals surface area contributed by atoms with Gasteiger partial charge in [0.15, 0.2) is 5.69 Å². The highest BCUT2D eigenvalue weighted by atomic mass is 16.2. The number of H-pyrrole nitrogens is 1. The zero-order valence-corrected chi connectivity index (χ0v) is 16.7. The van der Waals surface area contributed by atoms with Gasteiger partial charge in [-0.2, -0.15) is 0 Å². The van der Waals surface area contributed by atoms with E-state index in [0.29, 0.717) is 13.0 Å². The number of carbonyl (C=O) groups excluding carboxylic acids is 2. The third-order valence-corrected chi connectivity index (χ3v) is 4.15. The standard InChI is InChI=1S/C17H30N6O4/c1-6-8-9-23-15(18)14(16(26)19-17(23)27)22(7-2)13(25)11-21(5)10-12(24)20(3)4/h6-11,18H2,1-5H3,(H,19,26,27). The summed E-state index contributed by atoms with van der Waals surface area (Å²) in [5, 5.41) is 0. The van der Waals surface area contributed by atoms with E-state index in [0.717, 1.165) is 6.42 Å². The molecule has 0 aromatic carbocycles. The van der Waals surface area contributed by atoms with Gasteiger partial charge in [0.1, 0.15) is 5.82 Å². The van der Waals surface area contributed by atoms with Crippen molar-refractivity contribution in [1.82, 2.24) is 19.4 Å². The van der Waals surface area contributed by atoms with E-state index in [1.165, 1.54) is 14.4 Å². The van der Waals surface area contributed by atoms with Crippen LogP contribution in [0.2, 0.25) is 0 Å². The van der Waals surface area contributed by atoms with Gasteiger partial charge in [-0.15, -0.1) is 0 Å². The van der Waals surface area contributed by atoms with Gasteiger partial charge in [-0.25, -0.2) is 4.79 Å². The molecule has 0 aliphatic carbocycles. The van der Waals surface area contributed by atoms with Crippen molar-refractivity contribution < 1.29 is 9.59 Å². The molecule has 152 valence electrons. The largest absolute Gasteiger partial charge is 0.383 e. The predicted molar refractivity (Wildman–Crippen MR) is 105 cm³/mol. The average Bonchev–Trinajstić information content (AvgIpc) is 2.57. The molecule has 1 rings (SSSR count). The number of hydrogen-bond donors (Lipinski definition) is 2. The molecule has 0 unspecified atom stereocenters. The second-order valence-electron chi connectivity index (χ2n) is 6.60. The van der Waals surface area contributed by atoms with Crippen LogP contribution >= 0.6 is 0 Å². The smallest absolute Gasteiger partial charge is 0.330 e. The fraction of sp³-hybridized carbons (Fsp3) is 0.647. The summed E-state index contributed by atoms with van der Waals surface area (Å²) < 4.78 is 1.27. The van der Waals surface area contributed by atoms with E-state index in [1.54, 1.807) is 33.0 Å². The first kappa shape index (κ1) is 22.4. The first-order valence-corrected chi connectivity index (χ1v) is 8.95. The molecule has 0 saturated carbocycles. The van der Waals surface area contributed by atoms with Crippen LogP contribution in [-0.4, -0.2) is 71.9 Å². The second-order valence-corrected chi connectivity index (χ2v) is 6.60. The molecule has 1 heterocycles. The predicted octanol–water partition coefficient (Wildman–Crippen LogP) is -0.708. The van der Waals surface area contributed by atoms with Crippen molar-refractivity contribution in [2.45, 2.75) is 33.2 Å². The third-order valence-electron chi connectivity index (χ3n) is 4.15. The zero-order valence-electron chi connectivity index (χ0n) is 16.7. The molecular formula is C17H30N6O4. The third kappa shape index (κ3) is 5.68. The Kier molecular flexibility index (Phi) is 8.23. The fourth-order valence-electron chi connectivity index (χ4n) is 2.58. The molecule has 0 saturated heterocycles. The first-order chi connectivity index (χ1) is 12.6. The van der Waals surface area contributed by atoms with Crippen molar-refractivity contribution in [3.05, 3.63) is 20.8 Å². The summed E-state index contributed by atoms with van der Waals surface area (Å²) in [6.07, 6.45) is 1.56. The van der Waals surface area contributed by atoms with E-state index in [2.05, 4.69) is 4.98 Å². The highest BCUT2D eigenvalue weighted by Crippen LogP contribution is 2.17. The lowest BCUT2D eigenvalue weighted by atomic mass is 10.3. The number of nitrogens with one attached hydrogen (secondary N) is 1. The zero-order chi connectivity index (χ0) is 20.7. The fourth-order valence-corrected chi connectivity index (χ4v) is 2.58. The van der Waals surface area contributed by atoms with Crippen molar-refractivity contribution >= 4 is 23.3 Å². The topological polar surface area (TPSA) is 125 Å². The molecule has 0 spiro atoms. The van der Waals surface area contributed by atoms with Crippen LogP contribution in [0, 0.1) is 0 Å². The molecule has 10 heteroatoms. The molecule has 0 aliphatic rings. The number of amides is 2. The number of nitrogen functional groups attached to an aromatic ring is 1. The molecule has 0 radical (unpaired) electrons. The summed E-state index contributed by atoms with van der Waals surface area (Å²) in [5.74, 6) is -0.553.